The van der Waals surface area contributed by atoms with Crippen LogP contribution in [-0.4, -0.2) is 4.98 Å². The summed E-state index contributed by atoms with van der Waals surface area (Å²) in [6.07, 6.45) is 1.69. The van der Waals surface area contributed by atoms with Crippen molar-refractivity contribution >= 4 is 17.3 Å². The van der Waals surface area contributed by atoms with E-state index in [1.165, 1.54) is 0 Å². The van der Waals surface area contributed by atoms with E-state index in [1.807, 2.05) is 48.5 Å². The zero-order chi connectivity index (χ0) is 13.2. The van der Waals surface area contributed by atoms with Crippen molar-refractivity contribution < 1.29 is 4.42 Å². The molecule has 0 saturated heterocycles. The van der Waals surface area contributed by atoms with E-state index in [2.05, 4.69) is 4.98 Å². The van der Waals surface area contributed by atoms with Gasteiger partial charge in [-0.15, -0.1) is 0 Å². The molecule has 2 N–H and O–H groups in total. The molecular weight excluding hydrogens is 260 g/mol. The molecule has 0 unspecified atom stereocenters. The van der Waals surface area contributed by atoms with Crippen molar-refractivity contribution in [2.45, 2.75) is 0 Å². The van der Waals surface area contributed by atoms with Gasteiger partial charge in [-0.05, 0) is 30.3 Å². The van der Waals surface area contributed by atoms with E-state index < -0.39 is 0 Å². The predicted octanol–water partition coefficient (Wildman–Crippen LogP) is 4.24. The molecule has 0 aliphatic rings. The molecule has 2 aromatic carbocycles. The molecule has 0 fully saturated rings. The van der Waals surface area contributed by atoms with Gasteiger partial charge in [0.2, 0.25) is 5.89 Å². The van der Waals surface area contributed by atoms with Gasteiger partial charge in [0, 0.05) is 21.8 Å². The molecule has 0 amide bonds. The van der Waals surface area contributed by atoms with Gasteiger partial charge in [0.05, 0.1) is 6.20 Å². The van der Waals surface area contributed by atoms with Crippen LogP contribution in [-0.2, 0) is 0 Å². The average Bonchev–Trinajstić information content (AvgIpc) is 2.88. The number of nitrogen functional groups attached to an aromatic ring is 1. The molecule has 0 spiro atoms. The zero-order valence-corrected chi connectivity index (χ0v) is 10.8. The van der Waals surface area contributed by atoms with Gasteiger partial charge in [0.15, 0.2) is 5.76 Å². The fraction of sp³-hybridized carbons (Fsp3) is 0. The fourth-order valence-corrected chi connectivity index (χ4v) is 2.04. The smallest absolute Gasteiger partial charge is 0.226 e. The molecule has 0 bridgehead atoms. The van der Waals surface area contributed by atoms with E-state index in [4.69, 9.17) is 21.8 Å². The largest absolute Gasteiger partial charge is 0.436 e. The Morgan fingerprint density at radius 2 is 1.79 bits per heavy atom. The third-order valence-electron chi connectivity index (χ3n) is 2.75. The van der Waals surface area contributed by atoms with Crippen molar-refractivity contribution in [2.24, 2.45) is 0 Å². The van der Waals surface area contributed by atoms with Crippen LogP contribution in [0.3, 0.4) is 0 Å². The number of halogens is 1. The Morgan fingerprint density at radius 1 is 1.00 bits per heavy atom. The van der Waals surface area contributed by atoms with Gasteiger partial charge in [0.1, 0.15) is 0 Å². The molecule has 0 atom stereocenters. The minimum atomic E-state index is 0.542. The summed E-state index contributed by atoms with van der Waals surface area (Å²) in [6.45, 7) is 0. The van der Waals surface area contributed by atoms with E-state index in [1.54, 1.807) is 6.20 Å². The summed E-state index contributed by atoms with van der Waals surface area (Å²) in [5.74, 6) is 1.22. The Bertz CT molecular complexity index is 661. The lowest BCUT2D eigenvalue weighted by Gasteiger charge is -1.98. The van der Waals surface area contributed by atoms with Gasteiger partial charge in [-0.2, -0.15) is 0 Å². The van der Waals surface area contributed by atoms with Crippen LogP contribution < -0.4 is 5.73 Å². The van der Waals surface area contributed by atoms with E-state index in [9.17, 15) is 0 Å². The molecule has 3 nitrogen and oxygen atoms in total. The second-order valence-electron chi connectivity index (χ2n) is 4.17. The topological polar surface area (TPSA) is 52.0 Å². The number of hydrogen-bond donors (Lipinski definition) is 1. The minimum absolute atomic E-state index is 0.542. The third kappa shape index (κ3) is 2.46. The number of hydrogen-bond acceptors (Lipinski definition) is 3. The van der Waals surface area contributed by atoms with Crippen molar-refractivity contribution in [1.29, 1.82) is 0 Å². The molecule has 94 valence electrons. The van der Waals surface area contributed by atoms with Gasteiger partial charge < -0.3 is 10.2 Å². The lowest BCUT2D eigenvalue weighted by Crippen LogP contribution is -1.83. The highest BCUT2D eigenvalue weighted by Gasteiger charge is 2.08. The van der Waals surface area contributed by atoms with E-state index in [-0.39, 0.29) is 0 Å². The highest BCUT2D eigenvalue weighted by Crippen LogP contribution is 2.28. The number of nitrogens with zero attached hydrogens (tertiary/aromatic N) is 1. The molecule has 3 aromatic rings. The lowest BCUT2D eigenvalue weighted by atomic mass is 10.2. The number of nitrogens with two attached hydrogens (primary N) is 1. The van der Waals surface area contributed by atoms with E-state index >= 15 is 0 Å². The van der Waals surface area contributed by atoms with Crippen molar-refractivity contribution in [3.8, 4) is 22.8 Å². The number of rotatable bonds is 2. The van der Waals surface area contributed by atoms with E-state index in [0.29, 0.717) is 22.4 Å². The van der Waals surface area contributed by atoms with Crippen molar-refractivity contribution in [3.05, 3.63) is 59.8 Å². The monoisotopic (exact) mass is 270 g/mol. The number of benzene rings is 2. The predicted molar refractivity (Wildman–Crippen MR) is 76.8 cm³/mol. The first kappa shape index (κ1) is 11.8. The first-order valence-corrected chi connectivity index (χ1v) is 6.18. The van der Waals surface area contributed by atoms with Gasteiger partial charge in [-0.25, -0.2) is 4.98 Å². The van der Waals surface area contributed by atoms with Crippen molar-refractivity contribution in [1.82, 2.24) is 4.98 Å². The maximum atomic E-state index is 5.95. The second-order valence-corrected chi connectivity index (χ2v) is 4.60. The lowest BCUT2D eigenvalue weighted by molar-refractivity contribution is 0.589. The second kappa shape index (κ2) is 4.78. The van der Waals surface area contributed by atoms with Crippen LogP contribution >= 0.6 is 11.6 Å². The first-order chi connectivity index (χ1) is 9.22. The van der Waals surface area contributed by atoms with Crippen LogP contribution in [0.5, 0.6) is 0 Å². The van der Waals surface area contributed by atoms with Gasteiger partial charge in [-0.3, -0.25) is 0 Å². The van der Waals surface area contributed by atoms with Crippen LogP contribution in [0.15, 0.2) is 59.1 Å². The molecule has 3 rings (SSSR count). The van der Waals surface area contributed by atoms with Crippen LogP contribution in [0.1, 0.15) is 0 Å². The zero-order valence-electron chi connectivity index (χ0n) is 10.0. The summed E-state index contributed by atoms with van der Waals surface area (Å²) >= 11 is 5.95. The molecule has 0 radical (unpaired) electrons. The summed E-state index contributed by atoms with van der Waals surface area (Å²) in [5.41, 5.74) is 8.20. The maximum absolute atomic E-state index is 5.95. The summed E-state index contributed by atoms with van der Waals surface area (Å²) in [6, 6.07) is 14.9. The first-order valence-electron chi connectivity index (χ1n) is 5.80. The molecule has 4 heteroatoms. The summed E-state index contributed by atoms with van der Waals surface area (Å²) in [4.78, 5) is 4.27. The fourth-order valence-electron chi connectivity index (χ4n) is 1.85. The Morgan fingerprint density at radius 3 is 2.58 bits per heavy atom. The number of aromatic nitrogens is 1. The Hall–Kier alpha value is -2.26. The normalized spacial score (nSPS) is 10.6. The number of oxazole rings is 1. The molecule has 19 heavy (non-hydrogen) atoms. The highest BCUT2D eigenvalue weighted by atomic mass is 35.5. The number of anilines is 1. The standard InChI is InChI=1S/C15H11ClN2O/c16-12-5-1-4-11(7-12)15-18-9-14(19-15)10-3-2-6-13(17)8-10/h1-9H,17H2. The van der Waals surface area contributed by atoms with Gasteiger partial charge in [0.25, 0.3) is 0 Å². The van der Waals surface area contributed by atoms with Crippen LogP contribution in [0, 0.1) is 0 Å². The van der Waals surface area contributed by atoms with Crippen LogP contribution in [0.25, 0.3) is 22.8 Å². The Balaban J connectivity index is 2.00. The molecular formula is C15H11ClN2O. The summed E-state index contributed by atoms with van der Waals surface area (Å²) < 4.78 is 5.74. The summed E-state index contributed by atoms with van der Waals surface area (Å²) in [5, 5.41) is 0.654. The van der Waals surface area contributed by atoms with Crippen LogP contribution in [0.2, 0.25) is 5.02 Å². The third-order valence-corrected chi connectivity index (χ3v) is 2.98. The van der Waals surface area contributed by atoms with Gasteiger partial charge >= 0.3 is 0 Å². The van der Waals surface area contributed by atoms with Gasteiger partial charge in [-0.1, -0.05) is 29.8 Å². The Kier molecular flexibility index (Phi) is 2.97. The maximum Gasteiger partial charge on any atom is 0.226 e. The Labute approximate surface area is 115 Å². The summed E-state index contributed by atoms with van der Waals surface area (Å²) in [7, 11) is 0. The molecule has 0 aliphatic carbocycles. The van der Waals surface area contributed by atoms with Crippen molar-refractivity contribution in [2.75, 3.05) is 5.73 Å². The molecule has 1 heterocycles. The highest BCUT2D eigenvalue weighted by molar-refractivity contribution is 6.30. The molecule has 1 aromatic heterocycles. The van der Waals surface area contributed by atoms with Crippen molar-refractivity contribution in [3.63, 3.8) is 0 Å². The quantitative estimate of drug-likeness (QED) is 0.709. The SMILES string of the molecule is Nc1cccc(-c2cnc(-c3cccc(Cl)c3)o2)c1. The molecule has 0 aliphatic heterocycles. The molecule has 0 saturated carbocycles. The van der Waals surface area contributed by atoms with E-state index in [0.717, 1.165) is 11.1 Å². The minimum Gasteiger partial charge on any atom is -0.436 e. The van der Waals surface area contributed by atoms with Crippen LogP contribution in [0.4, 0.5) is 5.69 Å². The average molecular weight is 271 g/mol.